The zero-order valence-corrected chi connectivity index (χ0v) is 9.29. The topological polar surface area (TPSA) is 60.8 Å². The number of carbonyl (C=O) groups excluding carboxylic acids is 1. The van der Waals surface area contributed by atoms with Crippen molar-refractivity contribution in [1.82, 2.24) is 0 Å². The highest BCUT2D eigenvalue weighted by atomic mass is 16.3. The molecule has 0 unspecified atom stereocenters. The smallest absolute Gasteiger partial charge is 0.225 e. The molecule has 1 aliphatic rings. The molecular weight excluding hydrogens is 206 g/mol. The molecule has 4 heteroatoms. The summed E-state index contributed by atoms with van der Waals surface area (Å²) >= 11 is 0. The van der Waals surface area contributed by atoms with Crippen LogP contribution in [-0.2, 0) is 4.79 Å². The lowest BCUT2D eigenvalue weighted by Crippen LogP contribution is -2.48. The maximum Gasteiger partial charge on any atom is 0.225 e. The minimum absolute atomic E-state index is 0.223. The molecule has 0 radical (unpaired) electrons. The normalized spacial score (nSPS) is 28.8. The third-order valence-corrected chi connectivity index (χ3v) is 3.09. The minimum atomic E-state index is -0.970. The van der Waals surface area contributed by atoms with Gasteiger partial charge in [0.05, 0.1) is 11.8 Å². The highest BCUT2D eigenvalue weighted by Crippen LogP contribution is 2.39. The predicted molar refractivity (Wildman–Crippen MR) is 59.7 cm³/mol. The molecule has 2 N–H and O–H groups in total. The standard InChI is InChI=1S/C12H15NO3/c1-7-11(15)9-5-3-4-6-10(9)13(8(2)14)12(7)16/h3-7,11-12,15-16H,1-2H3/t7-,11-,12+/m1/s1. The Morgan fingerprint density at radius 1 is 1.31 bits per heavy atom. The van der Waals surface area contributed by atoms with Gasteiger partial charge in [0.2, 0.25) is 5.91 Å². The van der Waals surface area contributed by atoms with E-state index in [2.05, 4.69) is 0 Å². The van der Waals surface area contributed by atoms with E-state index in [0.29, 0.717) is 11.3 Å². The summed E-state index contributed by atoms with van der Waals surface area (Å²) in [5, 5.41) is 20.0. The van der Waals surface area contributed by atoms with Gasteiger partial charge in [-0.15, -0.1) is 0 Å². The van der Waals surface area contributed by atoms with Crippen LogP contribution in [0.1, 0.15) is 25.5 Å². The first-order valence-corrected chi connectivity index (χ1v) is 5.29. The second kappa shape index (κ2) is 3.88. The third kappa shape index (κ3) is 1.50. The fourth-order valence-electron chi connectivity index (χ4n) is 2.14. The van der Waals surface area contributed by atoms with Gasteiger partial charge in [0.15, 0.2) is 0 Å². The quantitative estimate of drug-likeness (QED) is 0.688. The Balaban J connectivity index is 2.56. The van der Waals surface area contributed by atoms with Gasteiger partial charge in [-0.25, -0.2) is 0 Å². The molecule has 1 aromatic rings. The van der Waals surface area contributed by atoms with Crippen LogP contribution in [0.4, 0.5) is 5.69 Å². The van der Waals surface area contributed by atoms with Crippen molar-refractivity contribution in [3.63, 3.8) is 0 Å². The number of amides is 1. The first-order chi connectivity index (χ1) is 7.54. The molecule has 0 aromatic heterocycles. The molecule has 16 heavy (non-hydrogen) atoms. The number of hydrogen-bond acceptors (Lipinski definition) is 3. The first kappa shape index (κ1) is 11.1. The average Bonchev–Trinajstić information content (AvgIpc) is 2.26. The predicted octanol–water partition coefficient (Wildman–Crippen LogP) is 1.04. The zero-order valence-electron chi connectivity index (χ0n) is 9.29. The highest BCUT2D eigenvalue weighted by Gasteiger charge is 2.38. The lowest BCUT2D eigenvalue weighted by molar-refractivity contribution is -0.120. The first-order valence-electron chi connectivity index (χ1n) is 5.29. The Morgan fingerprint density at radius 3 is 2.56 bits per heavy atom. The average molecular weight is 221 g/mol. The van der Waals surface area contributed by atoms with E-state index in [1.165, 1.54) is 11.8 Å². The van der Waals surface area contributed by atoms with Crippen LogP contribution in [0.3, 0.4) is 0 Å². The molecule has 4 nitrogen and oxygen atoms in total. The molecule has 1 amide bonds. The second-order valence-corrected chi connectivity index (χ2v) is 4.17. The molecule has 86 valence electrons. The molecule has 3 atom stereocenters. The van der Waals surface area contributed by atoms with E-state index >= 15 is 0 Å². The molecule has 0 aliphatic carbocycles. The van der Waals surface area contributed by atoms with E-state index in [1.54, 1.807) is 25.1 Å². The molecule has 0 bridgehead atoms. The third-order valence-electron chi connectivity index (χ3n) is 3.09. The number of carbonyl (C=O) groups is 1. The number of aliphatic hydroxyl groups is 2. The highest BCUT2D eigenvalue weighted by molar-refractivity contribution is 5.93. The molecule has 0 fully saturated rings. The van der Waals surface area contributed by atoms with E-state index in [4.69, 9.17) is 0 Å². The van der Waals surface area contributed by atoms with Crippen LogP contribution in [-0.4, -0.2) is 22.3 Å². The summed E-state index contributed by atoms with van der Waals surface area (Å²) in [7, 11) is 0. The maximum atomic E-state index is 11.5. The van der Waals surface area contributed by atoms with Crippen molar-refractivity contribution in [1.29, 1.82) is 0 Å². The summed E-state index contributed by atoms with van der Waals surface area (Å²) in [6.45, 7) is 3.13. The van der Waals surface area contributed by atoms with Crippen molar-refractivity contribution >= 4 is 11.6 Å². The van der Waals surface area contributed by atoms with Gasteiger partial charge in [-0.2, -0.15) is 0 Å². The number of aliphatic hydroxyl groups excluding tert-OH is 2. The van der Waals surface area contributed by atoms with Crippen molar-refractivity contribution in [3.05, 3.63) is 29.8 Å². The van der Waals surface area contributed by atoms with Gasteiger partial charge in [0, 0.05) is 18.4 Å². The lowest BCUT2D eigenvalue weighted by Gasteiger charge is -2.40. The minimum Gasteiger partial charge on any atom is -0.388 e. The molecule has 0 saturated heterocycles. The molecule has 1 aliphatic heterocycles. The molecule has 1 aromatic carbocycles. The fourth-order valence-corrected chi connectivity index (χ4v) is 2.14. The Morgan fingerprint density at radius 2 is 1.94 bits per heavy atom. The van der Waals surface area contributed by atoms with Crippen molar-refractivity contribution in [2.24, 2.45) is 5.92 Å². The van der Waals surface area contributed by atoms with Crippen LogP contribution in [0.5, 0.6) is 0 Å². The van der Waals surface area contributed by atoms with Gasteiger partial charge in [0.25, 0.3) is 0 Å². The van der Waals surface area contributed by atoms with Gasteiger partial charge in [0.1, 0.15) is 6.23 Å². The van der Waals surface area contributed by atoms with Gasteiger partial charge >= 0.3 is 0 Å². The molecule has 2 rings (SSSR count). The van der Waals surface area contributed by atoms with E-state index in [1.807, 2.05) is 6.07 Å². The summed E-state index contributed by atoms with van der Waals surface area (Å²) in [6.07, 6.45) is -1.70. The van der Waals surface area contributed by atoms with Gasteiger partial charge < -0.3 is 10.2 Å². The van der Waals surface area contributed by atoms with Crippen molar-refractivity contribution in [2.45, 2.75) is 26.2 Å². The number of benzene rings is 1. The van der Waals surface area contributed by atoms with E-state index in [-0.39, 0.29) is 5.91 Å². The Labute approximate surface area is 94.1 Å². The number of rotatable bonds is 0. The summed E-state index contributed by atoms with van der Waals surface area (Å²) in [5.74, 6) is -0.613. The van der Waals surface area contributed by atoms with E-state index in [9.17, 15) is 15.0 Å². The molecular formula is C12H15NO3. The van der Waals surface area contributed by atoms with Crippen LogP contribution in [0.2, 0.25) is 0 Å². The van der Waals surface area contributed by atoms with Gasteiger partial charge in [-0.3, -0.25) is 9.69 Å². The largest absolute Gasteiger partial charge is 0.388 e. The number of hydrogen-bond donors (Lipinski definition) is 2. The Bertz CT molecular complexity index is 418. The second-order valence-electron chi connectivity index (χ2n) is 4.17. The molecule has 1 heterocycles. The summed E-state index contributed by atoms with van der Waals surface area (Å²) < 4.78 is 0. The van der Waals surface area contributed by atoms with Gasteiger partial charge in [-0.1, -0.05) is 25.1 Å². The number of fused-ring (bicyclic) bond motifs is 1. The Hall–Kier alpha value is -1.39. The van der Waals surface area contributed by atoms with Crippen LogP contribution < -0.4 is 4.90 Å². The fraction of sp³-hybridized carbons (Fsp3) is 0.417. The summed E-state index contributed by atoms with van der Waals surface area (Å²) in [4.78, 5) is 12.8. The van der Waals surface area contributed by atoms with Crippen LogP contribution in [0, 0.1) is 5.92 Å². The number of nitrogens with zero attached hydrogens (tertiary/aromatic N) is 1. The van der Waals surface area contributed by atoms with Crippen molar-refractivity contribution in [3.8, 4) is 0 Å². The summed E-state index contributed by atoms with van der Waals surface area (Å²) in [5.41, 5.74) is 1.28. The van der Waals surface area contributed by atoms with Crippen LogP contribution >= 0.6 is 0 Å². The van der Waals surface area contributed by atoms with Crippen molar-refractivity contribution in [2.75, 3.05) is 4.90 Å². The monoisotopic (exact) mass is 221 g/mol. The molecule has 0 spiro atoms. The zero-order chi connectivity index (χ0) is 11.9. The molecule has 0 saturated carbocycles. The van der Waals surface area contributed by atoms with Gasteiger partial charge in [-0.05, 0) is 6.07 Å². The van der Waals surface area contributed by atoms with E-state index < -0.39 is 18.2 Å². The van der Waals surface area contributed by atoms with Crippen LogP contribution in [0.25, 0.3) is 0 Å². The van der Waals surface area contributed by atoms with Crippen molar-refractivity contribution < 1.29 is 15.0 Å². The maximum absolute atomic E-state index is 11.5. The SMILES string of the molecule is CC(=O)N1c2ccccc2[C@H](O)[C@@H](C)[C@@H]1O. The summed E-state index contributed by atoms with van der Waals surface area (Å²) in [6, 6.07) is 7.10. The number of para-hydroxylation sites is 1. The van der Waals surface area contributed by atoms with E-state index in [0.717, 1.165) is 0 Å². The van der Waals surface area contributed by atoms with Crippen LogP contribution in [0.15, 0.2) is 24.3 Å². The Kier molecular flexibility index (Phi) is 2.69. The number of anilines is 1. The lowest BCUT2D eigenvalue weighted by atomic mass is 9.89.